The van der Waals surface area contributed by atoms with E-state index in [1.54, 1.807) is 30.5 Å². The van der Waals surface area contributed by atoms with Gasteiger partial charge in [0.25, 0.3) is 5.91 Å². The molecule has 7 heteroatoms. The Morgan fingerprint density at radius 3 is 2.41 bits per heavy atom. The number of carbonyl (C=O) groups is 1. The number of carbonyl (C=O) groups excluding carboxylic acids is 1. The van der Waals surface area contributed by atoms with Crippen LogP contribution in [0.3, 0.4) is 0 Å². The topological polar surface area (TPSA) is 79.6 Å². The van der Waals surface area contributed by atoms with E-state index in [-0.39, 0.29) is 12.5 Å². The SMILES string of the molecule is CS(=O)(=O)N(Cc1ccccc1)c1ccccc1C(=O)NCCCc1ccco1. The molecule has 0 saturated heterocycles. The largest absolute Gasteiger partial charge is 0.469 e. The van der Waals surface area contributed by atoms with Crippen LogP contribution in [-0.4, -0.2) is 27.1 Å². The number of hydrogen-bond donors (Lipinski definition) is 1. The average molecular weight is 413 g/mol. The van der Waals surface area contributed by atoms with Gasteiger partial charge in [0, 0.05) is 13.0 Å². The zero-order valence-corrected chi connectivity index (χ0v) is 17.1. The van der Waals surface area contributed by atoms with Crippen LogP contribution in [0.5, 0.6) is 0 Å². The predicted octanol–water partition coefficient (Wildman–Crippen LogP) is 3.61. The van der Waals surface area contributed by atoms with Crippen molar-refractivity contribution in [2.45, 2.75) is 19.4 Å². The molecule has 0 atom stereocenters. The first-order chi connectivity index (χ1) is 13.9. The zero-order chi connectivity index (χ0) is 20.7. The number of hydrogen-bond acceptors (Lipinski definition) is 4. The van der Waals surface area contributed by atoms with Gasteiger partial charge in [-0.2, -0.15) is 0 Å². The monoisotopic (exact) mass is 412 g/mol. The lowest BCUT2D eigenvalue weighted by atomic mass is 10.1. The Morgan fingerprint density at radius 2 is 1.72 bits per heavy atom. The van der Waals surface area contributed by atoms with Gasteiger partial charge in [0.05, 0.1) is 30.3 Å². The number of anilines is 1. The summed E-state index contributed by atoms with van der Waals surface area (Å²) in [5, 5.41) is 2.87. The van der Waals surface area contributed by atoms with Crippen molar-refractivity contribution in [3.05, 3.63) is 89.9 Å². The summed E-state index contributed by atoms with van der Waals surface area (Å²) in [6.45, 7) is 0.619. The van der Waals surface area contributed by atoms with Crippen LogP contribution in [0.4, 0.5) is 5.69 Å². The highest BCUT2D eigenvalue weighted by atomic mass is 32.2. The zero-order valence-electron chi connectivity index (χ0n) is 16.2. The Hall–Kier alpha value is -3.06. The van der Waals surface area contributed by atoms with Gasteiger partial charge < -0.3 is 9.73 Å². The van der Waals surface area contributed by atoms with E-state index in [0.29, 0.717) is 17.8 Å². The lowest BCUT2D eigenvalue weighted by molar-refractivity contribution is 0.0953. The van der Waals surface area contributed by atoms with Gasteiger partial charge in [-0.15, -0.1) is 0 Å². The molecule has 0 spiro atoms. The summed E-state index contributed by atoms with van der Waals surface area (Å²) in [6, 6.07) is 19.8. The molecule has 152 valence electrons. The number of nitrogens with zero attached hydrogens (tertiary/aromatic N) is 1. The number of benzene rings is 2. The van der Waals surface area contributed by atoms with E-state index in [9.17, 15) is 13.2 Å². The van der Waals surface area contributed by atoms with Gasteiger partial charge in [-0.05, 0) is 36.2 Å². The fourth-order valence-electron chi connectivity index (χ4n) is 3.03. The molecule has 1 amide bonds. The number of sulfonamides is 1. The van der Waals surface area contributed by atoms with Crippen LogP contribution in [-0.2, 0) is 23.0 Å². The summed E-state index contributed by atoms with van der Waals surface area (Å²) in [7, 11) is -3.59. The molecule has 1 aromatic heterocycles. The highest BCUT2D eigenvalue weighted by Gasteiger charge is 2.23. The second-order valence-corrected chi connectivity index (χ2v) is 8.62. The van der Waals surface area contributed by atoms with Crippen LogP contribution in [0, 0.1) is 0 Å². The Kier molecular flexibility index (Phi) is 6.72. The number of para-hydroxylation sites is 1. The van der Waals surface area contributed by atoms with E-state index in [0.717, 1.165) is 30.4 Å². The van der Waals surface area contributed by atoms with Crippen LogP contribution in [0.2, 0.25) is 0 Å². The minimum atomic E-state index is -3.59. The molecule has 0 saturated carbocycles. The van der Waals surface area contributed by atoms with E-state index in [4.69, 9.17) is 4.42 Å². The molecule has 0 aliphatic rings. The Bertz CT molecular complexity index is 1030. The summed E-state index contributed by atoms with van der Waals surface area (Å²) < 4.78 is 31.5. The maximum Gasteiger partial charge on any atom is 0.253 e. The molecule has 1 N–H and O–H groups in total. The van der Waals surface area contributed by atoms with Crippen LogP contribution >= 0.6 is 0 Å². The smallest absolute Gasteiger partial charge is 0.253 e. The van der Waals surface area contributed by atoms with E-state index in [1.165, 1.54) is 4.31 Å². The van der Waals surface area contributed by atoms with Gasteiger partial charge in [0.2, 0.25) is 10.0 Å². The highest BCUT2D eigenvalue weighted by molar-refractivity contribution is 7.92. The molecular weight excluding hydrogens is 388 g/mol. The first kappa shape index (κ1) is 20.7. The number of nitrogens with one attached hydrogen (secondary N) is 1. The van der Waals surface area contributed by atoms with Crippen LogP contribution < -0.4 is 9.62 Å². The third kappa shape index (κ3) is 5.71. The standard InChI is InChI=1S/C22H24N2O4S/c1-29(26,27)24(17-18-9-3-2-4-10-18)21-14-6-5-13-20(21)22(25)23-15-7-11-19-12-8-16-28-19/h2-6,8-10,12-14,16H,7,11,15,17H2,1H3,(H,23,25). The van der Waals surface area contributed by atoms with Crippen LogP contribution in [0.1, 0.15) is 28.1 Å². The molecule has 3 aromatic rings. The molecule has 0 radical (unpaired) electrons. The van der Waals surface area contributed by atoms with Crippen molar-refractivity contribution in [1.82, 2.24) is 5.32 Å². The average Bonchev–Trinajstić information content (AvgIpc) is 3.23. The number of amides is 1. The summed E-state index contributed by atoms with van der Waals surface area (Å²) >= 11 is 0. The second kappa shape index (κ2) is 9.43. The second-order valence-electron chi connectivity index (χ2n) is 6.71. The highest BCUT2D eigenvalue weighted by Crippen LogP contribution is 2.25. The van der Waals surface area contributed by atoms with Crippen molar-refractivity contribution < 1.29 is 17.6 Å². The quantitative estimate of drug-likeness (QED) is 0.545. The normalized spacial score (nSPS) is 11.2. The maximum absolute atomic E-state index is 12.8. The first-order valence-electron chi connectivity index (χ1n) is 9.36. The van der Waals surface area contributed by atoms with E-state index < -0.39 is 10.0 Å². The molecule has 0 unspecified atom stereocenters. The van der Waals surface area contributed by atoms with Gasteiger partial charge in [-0.25, -0.2) is 8.42 Å². The molecule has 29 heavy (non-hydrogen) atoms. The van der Waals surface area contributed by atoms with Crippen molar-refractivity contribution in [2.75, 3.05) is 17.1 Å². The lowest BCUT2D eigenvalue weighted by Crippen LogP contribution is -2.33. The number of aryl methyl sites for hydroxylation is 1. The van der Waals surface area contributed by atoms with Crippen molar-refractivity contribution in [3.8, 4) is 0 Å². The molecule has 0 fully saturated rings. The third-order valence-electron chi connectivity index (χ3n) is 4.45. The van der Waals surface area contributed by atoms with Crippen molar-refractivity contribution in [2.24, 2.45) is 0 Å². The fourth-order valence-corrected chi connectivity index (χ4v) is 3.93. The molecule has 3 rings (SSSR count). The minimum Gasteiger partial charge on any atom is -0.469 e. The molecule has 0 aliphatic carbocycles. The lowest BCUT2D eigenvalue weighted by Gasteiger charge is -2.24. The minimum absolute atomic E-state index is 0.155. The van der Waals surface area contributed by atoms with Gasteiger partial charge >= 0.3 is 0 Å². The maximum atomic E-state index is 12.8. The van der Waals surface area contributed by atoms with Crippen LogP contribution in [0.15, 0.2) is 77.4 Å². The predicted molar refractivity (Wildman–Crippen MR) is 113 cm³/mol. The molecular formula is C22H24N2O4S. The summed E-state index contributed by atoms with van der Waals surface area (Å²) in [6.07, 6.45) is 4.21. The molecule has 2 aromatic carbocycles. The summed E-state index contributed by atoms with van der Waals surface area (Å²) in [5.74, 6) is 0.563. The summed E-state index contributed by atoms with van der Waals surface area (Å²) in [4.78, 5) is 12.8. The van der Waals surface area contributed by atoms with Gasteiger partial charge in [0.15, 0.2) is 0 Å². The third-order valence-corrected chi connectivity index (χ3v) is 5.58. The van der Waals surface area contributed by atoms with Gasteiger partial charge in [-0.1, -0.05) is 42.5 Å². The van der Waals surface area contributed by atoms with Gasteiger partial charge in [-0.3, -0.25) is 9.10 Å². The molecule has 6 nitrogen and oxygen atoms in total. The fraction of sp³-hybridized carbons (Fsp3) is 0.227. The van der Waals surface area contributed by atoms with Crippen molar-refractivity contribution in [3.63, 3.8) is 0 Å². The Labute approximate surface area is 171 Å². The van der Waals surface area contributed by atoms with E-state index in [1.807, 2.05) is 42.5 Å². The number of rotatable bonds is 9. The van der Waals surface area contributed by atoms with E-state index in [2.05, 4.69) is 5.32 Å². The Morgan fingerprint density at radius 1 is 1.00 bits per heavy atom. The van der Waals surface area contributed by atoms with Gasteiger partial charge in [0.1, 0.15) is 5.76 Å². The molecule has 0 aliphatic heterocycles. The van der Waals surface area contributed by atoms with E-state index >= 15 is 0 Å². The summed E-state index contributed by atoms with van der Waals surface area (Å²) in [5.41, 5.74) is 1.53. The van der Waals surface area contributed by atoms with Crippen molar-refractivity contribution in [1.29, 1.82) is 0 Å². The Balaban J connectivity index is 1.75. The first-order valence-corrected chi connectivity index (χ1v) is 11.2. The number of furan rings is 1. The molecule has 0 bridgehead atoms. The van der Waals surface area contributed by atoms with Crippen LogP contribution in [0.25, 0.3) is 0 Å². The van der Waals surface area contributed by atoms with Crippen molar-refractivity contribution >= 4 is 21.6 Å². The molecule has 1 heterocycles.